The highest BCUT2D eigenvalue weighted by Gasteiger charge is 2.30. The Morgan fingerprint density at radius 1 is 1.29 bits per heavy atom. The maximum absolute atomic E-state index is 12.7. The van der Waals surface area contributed by atoms with E-state index < -0.39 is 10.0 Å². The average Bonchev–Trinajstić information content (AvgIpc) is 2.78. The predicted octanol–water partition coefficient (Wildman–Crippen LogP) is 3.16. The highest BCUT2D eigenvalue weighted by molar-refractivity contribution is 7.91. The summed E-state index contributed by atoms with van der Waals surface area (Å²) in [6, 6.07) is 6.72. The Hall–Kier alpha value is -1.08. The van der Waals surface area contributed by atoms with E-state index in [9.17, 15) is 13.5 Å². The van der Waals surface area contributed by atoms with Crippen LogP contribution in [0.3, 0.4) is 0 Å². The molecule has 0 unspecified atom stereocenters. The van der Waals surface area contributed by atoms with Crippen LogP contribution in [0.15, 0.2) is 28.5 Å². The highest BCUT2D eigenvalue weighted by Crippen LogP contribution is 2.34. The number of phenolic OH excluding ortho intramolecular Hbond substituents is 1. The molecule has 0 saturated carbocycles. The number of aryl methyl sites for hydroxylation is 1. The number of rotatable bonds is 2. The summed E-state index contributed by atoms with van der Waals surface area (Å²) in [7, 11) is -3.53. The molecule has 1 aromatic heterocycles. The topological polar surface area (TPSA) is 57.6 Å². The maximum atomic E-state index is 12.7. The van der Waals surface area contributed by atoms with Gasteiger partial charge < -0.3 is 5.11 Å². The van der Waals surface area contributed by atoms with Crippen LogP contribution in [0.4, 0.5) is 0 Å². The Morgan fingerprint density at radius 2 is 2.05 bits per heavy atom. The van der Waals surface area contributed by atoms with Gasteiger partial charge in [0.1, 0.15) is 9.96 Å². The lowest BCUT2D eigenvalue weighted by Gasteiger charge is -2.27. The summed E-state index contributed by atoms with van der Waals surface area (Å²) in [5.74, 6) is 0.156. The number of thiophene rings is 1. The van der Waals surface area contributed by atoms with Gasteiger partial charge in [0.2, 0.25) is 0 Å². The van der Waals surface area contributed by atoms with E-state index in [-0.39, 0.29) is 16.5 Å². The fourth-order valence-corrected chi connectivity index (χ4v) is 5.69. The van der Waals surface area contributed by atoms with E-state index in [2.05, 4.69) is 0 Å². The van der Waals surface area contributed by atoms with Crippen molar-refractivity contribution in [1.29, 1.82) is 0 Å². The lowest BCUT2D eigenvalue weighted by Crippen LogP contribution is -2.35. The third-order valence-corrected chi connectivity index (χ3v) is 7.45. The average molecular weight is 344 g/mol. The van der Waals surface area contributed by atoms with Crippen molar-refractivity contribution >= 4 is 33.0 Å². The lowest BCUT2D eigenvalue weighted by atomic mass is 10.0. The Morgan fingerprint density at radius 3 is 2.71 bits per heavy atom. The van der Waals surface area contributed by atoms with Crippen molar-refractivity contribution < 1.29 is 13.5 Å². The summed E-state index contributed by atoms with van der Waals surface area (Å²) in [5, 5.41) is 9.55. The molecule has 4 nitrogen and oxygen atoms in total. The molecule has 21 heavy (non-hydrogen) atoms. The lowest BCUT2D eigenvalue weighted by molar-refractivity contribution is 0.390. The van der Waals surface area contributed by atoms with Gasteiger partial charge in [-0.1, -0.05) is 17.7 Å². The zero-order valence-corrected chi connectivity index (χ0v) is 13.7. The van der Waals surface area contributed by atoms with Crippen molar-refractivity contribution in [3.63, 3.8) is 0 Å². The number of halogens is 1. The number of fused-ring (bicyclic) bond motifs is 1. The van der Waals surface area contributed by atoms with Crippen LogP contribution >= 0.6 is 22.9 Å². The summed E-state index contributed by atoms with van der Waals surface area (Å²) in [4.78, 5) is 0. The molecule has 3 rings (SSSR count). The monoisotopic (exact) mass is 343 g/mol. The minimum absolute atomic E-state index is 0.156. The number of hydrogen-bond donors (Lipinski definition) is 1. The van der Waals surface area contributed by atoms with Crippen LogP contribution in [-0.4, -0.2) is 24.4 Å². The summed E-state index contributed by atoms with van der Waals surface area (Å²) in [5.41, 5.74) is 2.71. The van der Waals surface area contributed by atoms with Crippen molar-refractivity contribution in [3.8, 4) is 5.75 Å². The van der Waals surface area contributed by atoms with Gasteiger partial charge in [-0.15, -0.1) is 11.3 Å². The van der Waals surface area contributed by atoms with Crippen LogP contribution in [0.5, 0.6) is 5.75 Å². The first kappa shape index (κ1) is 14.8. The van der Waals surface area contributed by atoms with E-state index in [0.29, 0.717) is 17.3 Å². The first-order chi connectivity index (χ1) is 9.88. The van der Waals surface area contributed by atoms with Gasteiger partial charge in [0, 0.05) is 13.1 Å². The fourth-order valence-electron chi connectivity index (χ4n) is 2.41. The van der Waals surface area contributed by atoms with Crippen molar-refractivity contribution in [2.45, 2.75) is 24.1 Å². The number of sulfonamides is 1. The SMILES string of the molecule is Cc1cc(S(=O)(=O)N2CCc3ccc(O)cc3C2)sc1Cl. The van der Waals surface area contributed by atoms with Crippen LogP contribution in [-0.2, 0) is 23.0 Å². The molecule has 7 heteroatoms. The van der Waals surface area contributed by atoms with E-state index in [1.54, 1.807) is 25.1 Å². The molecule has 1 aromatic carbocycles. The van der Waals surface area contributed by atoms with Gasteiger partial charge in [-0.25, -0.2) is 8.42 Å². The molecule has 0 amide bonds. The standard InChI is InChI=1S/C14H14ClNO3S2/c1-9-6-13(20-14(9)15)21(18,19)16-5-4-10-2-3-12(17)7-11(10)8-16/h2-3,6-7,17H,4-5,8H2,1H3. The summed E-state index contributed by atoms with van der Waals surface area (Å²) >= 11 is 7.06. The number of aromatic hydroxyl groups is 1. The molecule has 0 saturated heterocycles. The largest absolute Gasteiger partial charge is 0.508 e. The first-order valence-electron chi connectivity index (χ1n) is 6.45. The van der Waals surface area contributed by atoms with E-state index in [1.165, 1.54) is 4.31 Å². The van der Waals surface area contributed by atoms with E-state index in [4.69, 9.17) is 11.6 Å². The van der Waals surface area contributed by atoms with E-state index in [1.807, 2.05) is 6.07 Å². The quantitative estimate of drug-likeness (QED) is 0.911. The number of hydrogen-bond acceptors (Lipinski definition) is 4. The molecule has 0 fully saturated rings. The van der Waals surface area contributed by atoms with Crippen molar-refractivity contribution in [3.05, 3.63) is 45.3 Å². The Bertz CT molecular complexity index is 779. The zero-order valence-electron chi connectivity index (χ0n) is 11.3. The molecule has 112 valence electrons. The maximum Gasteiger partial charge on any atom is 0.252 e. The van der Waals surface area contributed by atoms with Gasteiger partial charge in [0.25, 0.3) is 10.0 Å². The molecular formula is C14H14ClNO3S2. The summed E-state index contributed by atoms with van der Waals surface area (Å²) in [6.07, 6.45) is 0.646. The molecule has 1 aliphatic rings. The number of nitrogens with zero attached hydrogens (tertiary/aromatic N) is 1. The molecule has 0 bridgehead atoms. The molecule has 0 spiro atoms. The molecule has 1 aliphatic heterocycles. The fraction of sp³-hybridized carbons (Fsp3) is 0.286. The van der Waals surface area contributed by atoms with Crippen LogP contribution in [0, 0.1) is 6.92 Å². The summed E-state index contributed by atoms with van der Waals surface area (Å²) < 4.78 is 27.5. The van der Waals surface area contributed by atoms with Crippen LogP contribution < -0.4 is 0 Å². The number of phenols is 1. The van der Waals surface area contributed by atoms with E-state index in [0.717, 1.165) is 28.0 Å². The Kier molecular flexibility index (Phi) is 3.73. The smallest absolute Gasteiger partial charge is 0.252 e. The normalized spacial score (nSPS) is 15.9. The second-order valence-corrected chi connectivity index (χ2v) is 8.88. The highest BCUT2D eigenvalue weighted by atomic mass is 35.5. The van der Waals surface area contributed by atoms with Crippen molar-refractivity contribution in [1.82, 2.24) is 4.31 Å². The minimum atomic E-state index is -3.53. The van der Waals surface area contributed by atoms with Crippen LogP contribution in [0.2, 0.25) is 4.34 Å². The zero-order chi connectivity index (χ0) is 15.2. The van der Waals surface area contributed by atoms with Gasteiger partial charge >= 0.3 is 0 Å². The second kappa shape index (κ2) is 5.28. The van der Waals surface area contributed by atoms with Gasteiger partial charge in [0.05, 0.1) is 4.34 Å². The molecule has 2 aromatic rings. The molecule has 0 atom stereocenters. The van der Waals surface area contributed by atoms with Crippen molar-refractivity contribution in [2.75, 3.05) is 6.54 Å². The van der Waals surface area contributed by atoms with Crippen LogP contribution in [0.25, 0.3) is 0 Å². The van der Waals surface area contributed by atoms with Crippen molar-refractivity contribution in [2.24, 2.45) is 0 Å². The first-order valence-corrected chi connectivity index (χ1v) is 9.08. The molecular weight excluding hydrogens is 330 g/mol. The Labute approximate surface area is 132 Å². The van der Waals surface area contributed by atoms with Gasteiger partial charge in [-0.2, -0.15) is 4.31 Å². The van der Waals surface area contributed by atoms with E-state index >= 15 is 0 Å². The Balaban J connectivity index is 1.94. The van der Waals surface area contributed by atoms with Gasteiger partial charge in [-0.3, -0.25) is 0 Å². The molecule has 0 aliphatic carbocycles. The summed E-state index contributed by atoms with van der Waals surface area (Å²) in [6.45, 7) is 2.51. The third-order valence-electron chi connectivity index (χ3n) is 3.60. The third kappa shape index (κ3) is 2.68. The minimum Gasteiger partial charge on any atom is -0.508 e. The van der Waals surface area contributed by atoms with Crippen LogP contribution in [0.1, 0.15) is 16.7 Å². The van der Waals surface area contributed by atoms with Gasteiger partial charge in [0.15, 0.2) is 0 Å². The van der Waals surface area contributed by atoms with Gasteiger partial charge in [-0.05, 0) is 48.2 Å². The predicted molar refractivity (Wildman–Crippen MR) is 83.5 cm³/mol. The molecule has 0 radical (unpaired) electrons. The molecule has 2 heterocycles. The second-order valence-electron chi connectivity index (χ2n) is 5.06. The number of benzene rings is 1. The molecule has 1 N–H and O–H groups in total.